The molecule has 3 nitrogen and oxygen atoms in total. The van der Waals surface area contributed by atoms with Crippen LogP contribution in [0.3, 0.4) is 0 Å². The van der Waals surface area contributed by atoms with E-state index in [-0.39, 0.29) is 17.5 Å². The Morgan fingerprint density at radius 3 is 2.19 bits per heavy atom. The zero-order valence-electron chi connectivity index (χ0n) is 13.4. The average Bonchev–Trinajstić information content (AvgIpc) is 2.43. The van der Waals surface area contributed by atoms with E-state index < -0.39 is 0 Å². The third-order valence-corrected chi connectivity index (χ3v) is 3.44. The second kappa shape index (κ2) is 8.65. The van der Waals surface area contributed by atoms with E-state index >= 15 is 0 Å². The molecule has 1 aromatic rings. The Morgan fingerprint density at radius 2 is 1.71 bits per heavy atom. The van der Waals surface area contributed by atoms with E-state index in [0.717, 1.165) is 6.42 Å². The quantitative estimate of drug-likeness (QED) is 0.673. The minimum absolute atomic E-state index is 0.0174. The van der Waals surface area contributed by atoms with Gasteiger partial charge in [-0.3, -0.25) is 0 Å². The van der Waals surface area contributed by atoms with Crippen LogP contribution in [-0.2, 0) is 4.79 Å². The Morgan fingerprint density at radius 1 is 1.14 bits per heavy atom. The Kier molecular flexibility index (Phi) is 7.20. The lowest BCUT2D eigenvalue weighted by Gasteiger charge is -2.19. The first-order valence-electron chi connectivity index (χ1n) is 7.61. The molecule has 0 N–H and O–H groups in total. The van der Waals surface area contributed by atoms with Crippen LogP contribution in [0.2, 0.25) is 0 Å². The maximum atomic E-state index is 14.3. The number of Topliss-reactive ketones (excluding diaryl/α,β-unsaturated/α-hetero) is 1. The van der Waals surface area contributed by atoms with E-state index in [0.29, 0.717) is 43.1 Å². The molecule has 0 spiro atoms. The molecule has 0 radical (unpaired) electrons. The summed E-state index contributed by atoms with van der Waals surface area (Å²) in [6, 6.07) is 3.11. The number of ketones is 1. The molecule has 21 heavy (non-hydrogen) atoms. The molecule has 0 saturated heterocycles. The van der Waals surface area contributed by atoms with Gasteiger partial charge >= 0.3 is 0 Å². The number of carbonyl (C=O) groups excluding carboxylic acids is 1. The molecule has 0 bridgehead atoms. The van der Waals surface area contributed by atoms with Gasteiger partial charge in [-0.1, -0.05) is 6.92 Å². The van der Waals surface area contributed by atoms with Crippen molar-refractivity contribution in [2.24, 2.45) is 0 Å². The van der Waals surface area contributed by atoms with Crippen molar-refractivity contribution in [3.05, 3.63) is 23.5 Å². The van der Waals surface area contributed by atoms with E-state index in [2.05, 4.69) is 0 Å². The summed E-state index contributed by atoms with van der Waals surface area (Å²) in [5.41, 5.74) is 0.602. The largest absolute Gasteiger partial charge is 0.490 e. The number of carbonyl (C=O) groups is 1. The number of halogens is 1. The highest BCUT2D eigenvalue weighted by Crippen LogP contribution is 2.36. The van der Waals surface area contributed by atoms with E-state index in [1.807, 2.05) is 20.8 Å². The lowest BCUT2D eigenvalue weighted by Crippen LogP contribution is -2.06. The third kappa shape index (κ3) is 5.03. The molecule has 0 fully saturated rings. The highest BCUT2D eigenvalue weighted by molar-refractivity contribution is 5.75. The Labute approximate surface area is 126 Å². The summed E-state index contributed by atoms with van der Waals surface area (Å²) >= 11 is 0. The van der Waals surface area contributed by atoms with Crippen LogP contribution in [0.1, 0.15) is 58.4 Å². The van der Waals surface area contributed by atoms with Gasteiger partial charge in [-0.2, -0.15) is 0 Å². The molecule has 0 aliphatic rings. The van der Waals surface area contributed by atoms with Crippen molar-refractivity contribution < 1.29 is 18.7 Å². The molecule has 0 saturated carbocycles. The molecule has 0 aliphatic heterocycles. The maximum absolute atomic E-state index is 14.3. The molecule has 0 amide bonds. The summed E-state index contributed by atoms with van der Waals surface area (Å²) in [6.07, 6.45) is 1.90. The van der Waals surface area contributed by atoms with Gasteiger partial charge in [-0.05, 0) is 51.2 Å². The number of rotatable bonds is 9. The van der Waals surface area contributed by atoms with Crippen LogP contribution in [0, 0.1) is 5.82 Å². The molecule has 1 rings (SSSR count). The Bertz CT molecular complexity index is 471. The zero-order valence-corrected chi connectivity index (χ0v) is 13.4. The van der Waals surface area contributed by atoms with Crippen molar-refractivity contribution in [3.63, 3.8) is 0 Å². The van der Waals surface area contributed by atoms with Gasteiger partial charge in [0.2, 0.25) is 0 Å². The van der Waals surface area contributed by atoms with E-state index in [4.69, 9.17) is 9.47 Å². The summed E-state index contributed by atoms with van der Waals surface area (Å²) in [6.45, 7) is 8.25. The van der Waals surface area contributed by atoms with Gasteiger partial charge in [0.25, 0.3) is 0 Å². The summed E-state index contributed by atoms with van der Waals surface area (Å²) in [4.78, 5) is 11.2. The van der Waals surface area contributed by atoms with Crippen molar-refractivity contribution in [2.45, 2.75) is 52.9 Å². The first-order valence-corrected chi connectivity index (χ1v) is 7.61. The van der Waals surface area contributed by atoms with Crippen LogP contribution in [0.25, 0.3) is 0 Å². The van der Waals surface area contributed by atoms with Crippen molar-refractivity contribution in [1.29, 1.82) is 0 Å². The topological polar surface area (TPSA) is 35.5 Å². The minimum atomic E-state index is -0.294. The zero-order chi connectivity index (χ0) is 15.8. The monoisotopic (exact) mass is 296 g/mol. The highest BCUT2D eigenvalue weighted by Gasteiger charge is 2.19. The van der Waals surface area contributed by atoms with Gasteiger partial charge in [0.15, 0.2) is 11.5 Å². The lowest BCUT2D eigenvalue weighted by atomic mass is 9.90. The molecule has 1 aromatic carbocycles. The number of hydrogen-bond donors (Lipinski definition) is 0. The fraction of sp³-hybridized carbons (Fsp3) is 0.588. The molecule has 0 heterocycles. The first-order chi connectivity index (χ1) is 10.0. The van der Waals surface area contributed by atoms with Crippen molar-refractivity contribution in [3.8, 4) is 11.5 Å². The molecule has 1 unspecified atom stereocenters. The normalized spacial score (nSPS) is 12.0. The second-order valence-corrected chi connectivity index (χ2v) is 5.03. The van der Waals surface area contributed by atoms with Crippen LogP contribution in [0.5, 0.6) is 11.5 Å². The Hall–Kier alpha value is -1.58. The predicted octanol–water partition coefficient (Wildman–Crippen LogP) is 4.49. The first kappa shape index (κ1) is 17.5. The van der Waals surface area contributed by atoms with Gasteiger partial charge < -0.3 is 14.3 Å². The second-order valence-electron chi connectivity index (χ2n) is 5.03. The number of ether oxygens (including phenoxy) is 2. The maximum Gasteiger partial charge on any atom is 0.164 e. The van der Waals surface area contributed by atoms with Crippen LogP contribution in [0.15, 0.2) is 12.1 Å². The molecule has 0 aliphatic carbocycles. The summed E-state index contributed by atoms with van der Waals surface area (Å²) in [5, 5.41) is 0. The van der Waals surface area contributed by atoms with Crippen LogP contribution in [-0.4, -0.2) is 19.0 Å². The van der Waals surface area contributed by atoms with Gasteiger partial charge in [0.05, 0.1) is 13.2 Å². The molecule has 1 atom stereocenters. The van der Waals surface area contributed by atoms with Crippen LogP contribution < -0.4 is 9.47 Å². The Balaban J connectivity index is 3.09. The summed E-state index contributed by atoms with van der Waals surface area (Å²) < 4.78 is 25.3. The molecular formula is C17H25FO3. The SMILES string of the molecule is CCOc1cc(F)c(C(CC)CCC(C)=O)cc1OCC. The van der Waals surface area contributed by atoms with Gasteiger partial charge in [0, 0.05) is 12.5 Å². The van der Waals surface area contributed by atoms with Crippen molar-refractivity contribution in [2.75, 3.05) is 13.2 Å². The molecule has 0 aromatic heterocycles. The summed E-state index contributed by atoms with van der Waals surface area (Å²) in [5.74, 6) is 0.852. The molecule has 118 valence electrons. The van der Waals surface area contributed by atoms with E-state index in [1.165, 1.54) is 6.07 Å². The molecule has 4 heteroatoms. The summed E-state index contributed by atoms with van der Waals surface area (Å²) in [7, 11) is 0. The van der Waals surface area contributed by atoms with E-state index in [1.54, 1.807) is 13.0 Å². The van der Waals surface area contributed by atoms with Gasteiger partial charge in [-0.25, -0.2) is 4.39 Å². The smallest absolute Gasteiger partial charge is 0.164 e. The van der Waals surface area contributed by atoms with E-state index in [9.17, 15) is 9.18 Å². The molecular weight excluding hydrogens is 271 g/mol. The lowest BCUT2D eigenvalue weighted by molar-refractivity contribution is -0.117. The predicted molar refractivity (Wildman–Crippen MR) is 81.7 cm³/mol. The third-order valence-electron chi connectivity index (χ3n) is 3.44. The van der Waals surface area contributed by atoms with Crippen molar-refractivity contribution >= 4 is 5.78 Å². The minimum Gasteiger partial charge on any atom is -0.490 e. The average molecular weight is 296 g/mol. The fourth-order valence-electron chi connectivity index (χ4n) is 2.36. The fourth-order valence-corrected chi connectivity index (χ4v) is 2.36. The van der Waals surface area contributed by atoms with Crippen LogP contribution >= 0.6 is 0 Å². The van der Waals surface area contributed by atoms with Gasteiger partial charge in [0.1, 0.15) is 11.6 Å². The number of benzene rings is 1. The highest BCUT2D eigenvalue weighted by atomic mass is 19.1. The van der Waals surface area contributed by atoms with Crippen molar-refractivity contribution in [1.82, 2.24) is 0 Å². The van der Waals surface area contributed by atoms with Crippen LogP contribution in [0.4, 0.5) is 4.39 Å². The van der Waals surface area contributed by atoms with Gasteiger partial charge in [-0.15, -0.1) is 0 Å². The standard InChI is InChI=1S/C17H25FO3/c1-5-13(9-8-12(4)19)14-10-16(20-6-2)17(21-7-3)11-15(14)18/h10-11,13H,5-9H2,1-4H3. The number of hydrogen-bond acceptors (Lipinski definition) is 3.